The Kier molecular flexibility index (Phi) is 6.55. The SMILES string of the molecule is COCCOc1cc(C(N)=O)cc2nc(N)n(C/C=C/Cn3c(N)nc4cc(C(N)=O)ccc43)c12. The number of aromatic nitrogens is 4. The van der Waals surface area contributed by atoms with Crippen LogP contribution >= 0.6 is 0 Å². The van der Waals surface area contributed by atoms with Crippen molar-refractivity contribution in [2.45, 2.75) is 13.1 Å². The number of imidazole rings is 2. The van der Waals surface area contributed by atoms with Gasteiger partial charge >= 0.3 is 0 Å². The Bertz CT molecular complexity index is 1450. The fourth-order valence-corrected chi connectivity index (χ4v) is 3.77. The van der Waals surface area contributed by atoms with Gasteiger partial charge in [-0.15, -0.1) is 0 Å². The monoisotopic (exact) mass is 478 g/mol. The van der Waals surface area contributed by atoms with Gasteiger partial charge in [-0.05, 0) is 30.3 Å². The van der Waals surface area contributed by atoms with E-state index in [0.29, 0.717) is 53.5 Å². The minimum Gasteiger partial charge on any atom is -0.489 e. The first-order valence-corrected chi connectivity index (χ1v) is 10.7. The van der Waals surface area contributed by atoms with Crippen molar-refractivity contribution in [3.05, 3.63) is 53.6 Å². The highest BCUT2D eigenvalue weighted by molar-refractivity contribution is 5.99. The number of rotatable bonds is 10. The van der Waals surface area contributed by atoms with Crippen LogP contribution in [-0.4, -0.2) is 51.2 Å². The van der Waals surface area contributed by atoms with Crippen LogP contribution in [0.2, 0.25) is 0 Å². The van der Waals surface area contributed by atoms with Gasteiger partial charge in [-0.1, -0.05) is 12.2 Å². The Balaban J connectivity index is 1.60. The predicted octanol–water partition coefficient (Wildman–Crippen LogP) is 1.03. The van der Waals surface area contributed by atoms with E-state index in [-0.39, 0.29) is 18.1 Å². The second-order valence-corrected chi connectivity index (χ2v) is 7.75. The summed E-state index contributed by atoms with van der Waals surface area (Å²) in [6.45, 7) is 1.47. The van der Waals surface area contributed by atoms with Gasteiger partial charge in [-0.25, -0.2) is 9.97 Å². The summed E-state index contributed by atoms with van der Waals surface area (Å²) in [6, 6.07) is 8.15. The van der Waals surface area contributed by atoms with Crippen molar-refractivity contribution in [3.63, 3.8) is 0 Å². The first kappa shape index (κ1) is 23.6. The van der Waals surface area contributed by atoms with Gasteiger partial charge in [0.15, 0.2) is 0 Å². The number of carbonyl (C=O) groups is 2. The van der Waals surface area contributed by atoms with Crippen LogP contribution in [0.3, 0.4) is 0 Å². The van der Waals surface area contributed by atoms with Gasteiger partial charge in [0.2, 0.25) is 23.7 Å². The molecular formula is C23H26N8O4. The second kappa shape index (κ2) is 9.73. The molecule has 0 aliphatic rings. The third-order valence-corrected chi connectivity index (χ3v) is 5.47. The highest BCUT2D eigenvalue weighted by atomic mass is 16.5. The highest BCUT2D eigenvalue weighted by Gasteiger charge is 2.17. The van der Waals surface area contributed by atoms with E-state index in [2.05, 4.69) is 9.97 Å². The lowest BCUT2D eigenvalue weighted by Crippen LogP contribution is -2.12. The number of nitrogens with zero attached hydrogens (tertiary/aromatic N) is 4. The number of ether oxygens (including phenoxy) is 2. The standard InChI is InChI=1S/C23H26N8O4/c1-34-8-9-35-18-12-14(21(25)33)11-16-19(18)31(23(27)29-16)7-3-2-6-30-17-5-4-13(20(24)32)10-15(17)28-22(30)26/h2-5,10-12H,6-9H2,1H3,(H2,24,32)(H2,25,33)(H2,26,28)(H2,27,29)/b3-2+. The predicted molar refractivity (Wildman–Crippen MR) is 132 cm³/mol. The summed E-state index contributed by atoms with van der Waals surface area (Å²) in [7, 11) is 1.57. The van der Waals surface area contributed by atoms with Gasteiger partial charge in [0.05, 0.1) is 23.2 Å². The lowest BCUT2D eigenvalue weighted by molar-refractivity contribution is 0.0991. The molecule has 12 heteroatoms. The molecule has 4 rings (SSSR count). The van der Waals surface area contributed by atoms with Crippen LogP contribution in [0.1, 0.15) is 20.7 Å². The molecule has 182 valence electrons. The van der Waals surface area contributed by atoms with E-state index in [4.69, 9.17) is 32.4 Å². The number of nitrogens with two attached hydrogens (primary N) is 4. The van der Waals surface area contributed by atoms with Crippen molar-refractivity contribution >= 4 is 45.8 Å². The molecule has 0 unspecified atom stereocenters. The van der Waals surface area contributed by atoms with Crippen LogP contribution < -0.4 is 27.7 Å². The second-order valence-electron chi connectivity index (χ2n) is 7.75. The first-order valence-electron chi connectivity index (χ1n) is 10.7. The Morgan fingerprint density at radius 1 is 0.886 bits per heavy atom. The molecular weight excluding hydrogens is 452 g/mol. The summed E-state index contributed by atoms with van der Waals surface area (Å²) in [5, 5.41) is 0. The number of allylic oxidation sites excluding steroid dienone is 2. The Hall–Kier alpha value is -4.58. The number of carbonyl (C=O) groups excluding carboxylic acids is 2. The van der Waals surface area contributed by atoms with E-state index in [1.54, 1.807) is 42.0 Å². The lowest BCUT2D eigenvalue weighted by Gasteiger charge is -2.11. The molecule has 0 spiro atoms. The maximum atomic E-state index is 11.7. The molecule has 0 aliphatic carbocycles. The smallest absolute Gasteiger partial charge is 0.248 e. The number of nitrogen functional groups attached to an aromatic ring is 2. The number of anilines is 2. The molecule has 0 atom stereocenters. The molecule has 2 heterocycles. The number of amides is 2. The number of primary amides is 2. The summed E-state index contributed by atoms with van der Waals surface area (Å²) in [6.07, 6.45) is 3.81. The normalized spacial score (nSPS) is 11.6. The average Bonchev–Trinajstić information content (AvgIpc) is 3.31. The van der Waals surface area contributed by atoms with Gasteiger partial charge in [0.25, 0.3) is 0 Å². The summed E-state index contributed by atoms with van der Waals surface area (Å²) in [4.78, 5) is 31.8. The van der Waals surface area contributed by atoms with Crippen molar-refractivity contribution in [1.29, 1.82) is 0 Å². The maximum Gasteiger partial charge on any atom is 0.248 e. The molecule has 2 amide bonds. The molecule has 2 aromatic carbocycles. The number of methoxy groups -OCH3 is 1. The minimum absolute atomic E-state index is 0.259. The van der Waals surface area contributed by atoms with E-state index in [1.165, 1.54) is 0 Å². The van der Waals surface area contributed by atoms with Gasteiger partial charge < -0.3 is 41.5 Å². The fraction of sp³-hybridized carbons (Fsp3) is 0.217. The molecule has 0 saturated carbocycles. The first-order chi connectivity index (χ1) is 16.8. The topological polar surface area (TPSA) is 192 Å². The number of fused-ring (bicyclic) bond motifs is 2. The number of benzene rings is 2. The molecule has 8 N–H and O–H groups in total. The third kappa shape index (κ3) is 4.73. The van der Waals surface area contributed by atoms with Crippen LogP contribution in [0.5, 0.6) is 5.75 Å². The van der Waals surface area contributed by atoms with Crippen LogP contribution in [-0.2, 0) is 17.8 Å². The fourth-order valence-electron chi connectivity index (χ4n) is 3.77. The summed E-state index contributed by atoms with van der Waals surface area (Å²) in [5.74, 6) is -0.120. The lowest BCUT2D eigenvalue weighted by atomic mass is 10.1. The van der Waals surface area contributed by atoms with E-state index in [0.717, 1.165) is 5.52 Å². The maximum absolute atomic E-state index is 11.7. The van der Waals surface area contributed by atoms with E-state index in [1.807, 2.05) is 16.7 Å². The van der Waals surface area contributed by atoms with Crippen molar-refractivity contribution in [1.82, 2.24) is 19.1 Å². The van der Waals surface area contributed by atoms with Crippen molar-refractivity contribution < 1.29 is 19.1 Å². The quantitative estimate of drug-likeness (QED) is 0.192. The van der Waals surface area contributed by atoms with Gasteiger partial charge in [-0.3, -0.25) is 9.59 Å². The van der Waals surface area contributed by atoms with Crippen LogP contribution in [0.25, 0.3) is 22.1 Å². The summed E-state index contributed by atoms with van der Waals surface area (Å²) >= 11 is 0. The molecule has 4 aromatic rings. The van der Waals surface area contributed by atoms with E-state index in [9.17, 15) is 9.59 Å². The largest absolute Gasteiger partial charge is 0.489 e. The Morgan fingerprint density at radius 3 is 2.20 bits per heavy atom. The van der Waals surface area contributed by atoms with Crippen LogP contribution in [0.4, 0.5) is 11.9 Å². The van der Waals surface area contributed by atoms with Gasteiger partial charge in [0.1, 0.15) is 17.9 Å². The van der Waals surface area contributed by atoms with Crippen LogP contribution in [0.15, 0.2) is 42.5 Å². The molecule has 2 aromatic heterocycles. The zero-order valence-corrected chi connectivity index (χ0v) is 19.1. The summed E-state index contributed by atoms with van der Waals surface area (Å²) in [5.41, 5.74) is 26.2. The van der Waals surface area contributed by atoms with Gasteiger partial charge in [-0.2, -0.15) is 0 Å². The molecule has 0 bridgehead atoms. The third-order valence-electron chi connectivity index (χ3n) is 5.47. The Labute approximate surface area is 200 Å². The van der Waals surface area contributed by atoms with Crippen LogP contribution in [0, 0.1) is 0 Å². The van der Waals surface area contributed by atoms with E-state index >= 15 is 0 Å². The van der Waals surface area contributed by atoms with Crippen molar-refractivity contribution in [3.8, 4) is 5.75 Å². The molecule has 0 aliphatic heterocycles. The van der Waals surface area contributed by atoms with Crippen molar-refractivity contribution in [2.24, 2.45) is 11.5 Å². The molecule has 0 radical (unpaired) electrons. The number of hydrogen-bond donors (Lipinski definition) is 4. The molecule has 12 nitrogen and oxygen atoms in total. The minimum atomic E-state index is -0.593. The highest BCUT2D eigenvalue weighted by Crippen LogP contribution is 2.30. The Morgan fingerprint density at radius 2 is 1.51 bits per heavy atom. The van der Waals surface area contributed by atoms with E-state index < -0.39 is 11.8 Å². The zero-order valence-electron chi connectivity index (χ0n) is 19.1. The zero-order chi connectivity index (χ0) is 25.1. The average molecular weight is 479 g/mol. The summed E-state index contributed by atoms with van der Waals surface area (Å²) < 4.78 is 14.5. The number of hydrogen-bond acceptors (Lipinski definition) is 8. The molecule has 0 saturated heterocycles. The van der Waals surface area contributed by atoms with Gasteiger partial charge in [0, 0.05) is 31.3 Å². The molecule has 35 heavy (non-hydrogen) atoms. The molecule has 0 fully saturated rings. The van der Waals surface area contributed by atoms with Crippen molar-refractivity contribution in [2.75, 3.05) is 31.8 Å².